The third kappa shape index (κ3) is 4.77. The van der Waals surface area contributed by atoms with E-state index >= 15 is 0 Å². The van der Waals surface area contributed by atoms with Gasteiger partial charge < -0.3 is 5.32 Å². The van der Waals surface area contributed by atoms with Gasteiger partial charge in [-0.05, 0) is 29.8 Å². The molecule has 0 spiro atoms. The molecule has 0 fully saturated rings. The Hall–Kier alpha value is -3.83. The zero-order valence-corrected chi connectivity index (χ0v) is 16.5. The quantitative estimate of drug-likeness (QED) is 0.668. The largest absolute Gasteiger partial charge is 0.326 e. The van der Waals surface area contributed by atoms with Crippen LogP contribution in [-0.4, -0.2) is 21.8 Å². The fourth-order valence-electron chi connectivity index (χ4n) is 2.78. The molecule has 0 saturated carbocycles. The van der Waals surface area contributed by atoms with Crippen LogP contribution in [0.4, 0.5) is 21.6 Å². The molecule has 0 aliphatic carbocycles. The Morgan fingerprint density at radius 3 is 2.70 bits per heavy atom. The highest BCUT2D eigenvalue weighted by atomic mass is 35.5. The van der Waals surface area contributed by atoms with Crippen LogP contribution in [0.2, 0.25) is 5.02 Å². The Bertz CT molecular complexity index is 1160. The van der Waals surface area contributed by atoms with Crippen LogP contribution in [0.1, 0.15) is 18.2 Å². The van der Waals surface area contributed by atoms with Crippen LogP contribution in [-0.2, 0) is 16.0 Å². The molecule has 30 heavy (non-hydrogen) atoms. The number of aromatic nitrogens is 2. The summed E-state index contributed by atoms with van der Waals surface area (Å²) in [7, 11) is 0. The second-order valence-corrected chi connectivity index (χ2v) is 6.58. The molecule has 0 aliphatic heterocycles. The number of nitrogens with zero attached hydrogens (tertiary/aromatic N) is 4. The van der Waals surface area contributed by atoms with Gasteiger partial charge in [0.25, 0.3) is 0 Å². The molecule has 2 aromatic heterocycles. The maximum atomic E-state index is 13.6. The van der Waals surface area contributed by atoms with E-state index in [0.29, 0.717) is 16.9 Å². The summed E-state index contributed by atoms with van der Waals surface area (Å²) < 4.78 is 13.6. The summed E-state index contributed by atoms with van der Waals surface area (Å²) in [6, 6.07) is 12.3. The van der Waals surface area contributed by atoms with Gasteiger partial charge in [-0.15, -0.1) is 0 Å². The number of amides is 2. The van der Waals surface area contributed by atoms with Crippen LogP contribution < -0.4 is 10.2 Å². The van der Waals surface area contributed by atoms with E-state index in [1.807, 2.05) is 6.07 Å². The van der Waals surface area contributed by atoms with E-state index in [4.69, 9.17) is 16.9 Å². The first-order valence-electron chi connectivity index (χ1n) is 8.74. The highest BCUT2D eigenvalue weighted by molar-refractivity contribution is 6.31. The molecule has 1 N–H and O–H groups in total. The van der Waals surface area contributed by atoms with Gasteiger partial charge in [-0.1, -0.05) is 23.7 Å². The van der Waals surface area contributed by atoms with Gasteiger partial charge in [0.2, 0.25) is 11.8 Å². The second kappa shape index (κ2) is 9.11. The summed E-state index contributed by atoms with van der Waals surface area (Å²) in [6.07, 6.45) is 2.72. The number of carbonyl (C=O) groups excluding carboxylic acids is 2. The fourth-order valence-corrected chi connectivity index (χ4v) is 2.97. The fraction of sp³-hybridized carbons (Fsp3) is 0.0952. The second-order valence-electron chi connectivity index (χ2n) is 6.21. The SMILES string of the molecule is CC(=O)N(c1ccnc(C#N)c1)c1cc(NC(=O)Cc2cccc(F)c2Cl)ccn1. The summed E-state index contributed by atoms with van der Waals surface area (Å²) in [6.45, 7) is 1.35. The Morgan fingerprint density at radius 1 is 1.20 bits per heavy atom. The van der Waals surface area contributed by atoms with Crippen molar-refractivity contribution in [2.45, 2.75) is 13.3 Å². The first-order chi connectivity index (χ1) is 14.4. The lowest BCUT2D eigenvalue weighted by Gasteiger charge is -2.20. The maximum Gasteiger partial charge on any atom is 0.229 e. The number of carbonyl (C=O) groups is 2. The van der Waals surface area contributed by atoms with Gasteiger partial charge in [-0.2, -0.15) is 5.26 Å². The lowest BCUT2D eigenvalue weighted by molar-refractivity contribution is -0.116. The number of nitrogens with one attached hydrogen (secondary N) is 1. The number of hydrogen-bond donors (Lipinski definition) is 1. The van der Waals surface area contributed by atoms with Crippen LogP contribution in [0.25, 0.3) is 0 Å². The first-order valence-corrected chi connectivity index (χ1v) is 9.12. The van der Waals surface area contributed by atoms with Crippen molar-refractivity contribution in [1.82, 2.24) is 9.97 Å². The third-order valence-corrected chi connectivity index (χ3v) is 4.50. The molecule has 7 nitrogen and oxygen atoms in total. The monoisotopic (exact) mass is 423 g/mol. The molecular weight excluding hydrogens is 409 g/mol. The predicted molar refractivity (Wildman–Crippen MR) is 110 cm³/mol. The van der Waals surface area contributed by atoms with Crippen molar-refractivity contribution in [3.8, 4) is 6.07 Å². The van der Waals surface area contributed by atoms with Gasteiger partial charge in [-0.3, -0.25) is 14.5 Å². The van der Waals surface area contributed by atoms with Crippen LogP contribution in [0.15, 0.2) is 54.9 Å². The molecule has 0 bridgehead atoms. The smallest absolute Gasteiger partial charge is 0.229 e. The van der Waals surface area contributed by atoms with Crippen molar-refractivity contribution in [3.05, 3.63) is 77.0 Å². The minimum Gasteiger partial charge on any atom is -0.326 e. The van der Waals surface area contributed by atoms with Crippen molar-refractivity contribution in [2.24, 2.45) is 0 Å². The third-order valence-electron chi connectivity index (χ3n) is 4.07. The molecule has 0 atom stereocenters. The van der Waals surface area contributed by atoms with E-state index in [2.05, 4.69) is 15.3 Å². The van der Waals surface area contributed by atoms with E-state index in [9.17, 15) is 14.0 Å². The first kappa shape index (κ1) is 20.9. The minimum atomic E-state index is -0.598. The summed E-state index contributed by atoms with van der Waals surface area (Å²) in [5, 5.41) is 11.6. The Labute approximate surface area is 176 Å². The highest BCUT2D eigenvalue weighted by Gasteiger charge is 2.17. The predicted octanol–water partition coefficient (Wildman–Crippen LogP) is 4.01. The van der Waals surface area contributed by atoms with Gasteiger partial charge in [0.1, 0.15) is 23.4 Å². The van der Waals surface area contributed by atoms with Gasteiger partial charge in [0, 0.05) is 31.1 Å². The number of rotatable bonds is 5. The molecule has 1 aromatic carbocycles. The van der Waals surface area contributed by atoms with Crippen LogP contribution in [0.3, 0.4) is 0 Å². The highest BCUT2D eigenvalue weighted by Crippen LogP contribution is 2.26. The normalized spacial score (nSPS) is 10.2. The van der Waals surface area contributed by atoms with Gasteiger partial charge in [0.05, 0.1) is 17.1 Å². The summed E-state index contributed by atoms with van der Waals surface area (Å²) in [5.41, 5.74) is 1.31. The lowest BCUT2D eigenvalue weighted by atomic mass is 10.1. The minimum absolute atomic E-state index is 0.100. The standard InChI is InChI=1S/C21H15ClFN5O2/c1-13(29)28(17-6-8-25-16(10-17)12-24)19-11-15(5-7-26-19)27-20(30)9-14-3-2-4-18(23)21(14)22/h2-8,10-11H,9H2,1H3,(H,26,27,30). The molecule has 9 heteroatoms. The molecule has 0 saturated heterocycles. The number of anilines is 3. The van der Waals surface area contributed by atoms with Gasteiger partial charge in [-0.25, -0.2) is 14.4 Å². The summed E-state index contributed by atoms with van der Waals surface area (Å²) in [4.78, 5) is 34.0. The molecule has 150 valence electrons. The zero-order chi connectivity index (χ0) is 21.7. The number of benzene rings is 1. The zero-order valence-electron chi connectivity index (χ0n) is 15.8. The molecule has 0 radical (unpaired) electrons. The number of nitriles is 1. The molecule has 2 heterocycles. The Morgan fingerprint density at radius 2 is 1.97 bits per heavy atom. The van der Waals surface area contributed by atoms with Crippen LogP contribution in [0.5, 0.6) is 0 Å². The van der Waals surface area contributed by atoms with E-state index in [-0.39, 0.29) is 28.9 Å². The molecular formula is C21H15ClFN5O2. The summed E-state index contributed by atoms with van der Waals surface area (Å²) in [5.74, 6) is -1.10. The van der Waals surface area contributed by atoms with Crippen molar-refractivity contribution in [2.75, 3.05) is 10.2 Å². The van der Waals surface area contributed by atoms with Crippen LogP contribution in [0, 0.1) is 17.1 Å². The van der Waals surface area contributed by atoms with E-state index < -0.39 is 11.7 Å². The van der Waals surface area contributed by atoms with E-state index in [1.165, 1.54) is 48.5 Å². The average Bonchev–Trinajstić information content (AvgIpc) is 2.72. The molecule has 2 amide bonds. The van der Waals surface area contributed by atoms with Crippen molar-refractivity contribution < 1.29 is 14.0 Å². The maximum absolute atomic E-state index is 13.6. The summed E-state index contributed by atoms with van der Waals surface area (Å²) >= 11 is 5.90. The topological polar surface area (TPSA) is 99.0 Å². The Kier molecular flexibility index (Phi) is 6.35. The van der Waals surface area contributed by atoms with Gasteiger partial charge in [0.15, 0.2) is 0 Å². The molecule has 3 rings (SSSR count). The Balaban J connectivity index is 1.83. The van der Waals surface area contributed by atoms with Gasteiger partial charge >= 0.3 is 0 Å². The van der Waals surface area contributed by atoms with Crippen molar-refractivity contribution in [3.63, 3.8) is 0 Å². The number of hydrogen-bond acceptors (Lipinski definition) is 5. The number of pyridine rings is 2. The van der Waals surface area contributed by atoms with Crippen molar-refractivity contribution >= 4 is 40.6 Å². The van der Waals surface area contributed by atoms with Crippen LogP contribution >= 0.6 is 11.6 Å². The molecule has 0 unspecified atom stereocenters. The average molecular weight is 424 g/mol. The van der Waals surface area contributed by atoms with Crippen molar-refractivity contribution in [1.29, 1.82) is 5.26 Å². The molecule has 3 aromatic rings. The number of halogens is 2. The molecule has 0 aliphatic rings. The lowest BCUT2D eigenvalue weighted by Crippen LogP contribution is -2.24. The van der Waals surface area contributed by atoms with E-state index in [1.54, 1.807) is 18.2 Å². The van der Waals surface area contributed by atoms with E-state index in [0.717, 1.165) is 0 Å².